The van der Waals surface area contributed by atoms with Crippen molar-refractivity contribution in [3.8, 4) is 5.75 Å². The Kier molecular flexibility index (Phi) is 5.81. The molecule has 0 radical (unpaired) electrons. The molecule has 1 atom stereocenters. The quantitative estimate of drug-likeness (QED) is 0.667. The van der Waals surface area contributed by atoms with Crippen LogP contribution in [0.5, 0.6) is 5.75 Å². The summed E-state index contributed by atoms with van der Waals surface area (Å²) >= 11 is 11.9. The highest BCUT2D eigenvalue weighted by molar-refractivity contribution is 6.35. The predicted molar refractivity (Wildman–Crippen MR) is 103 cm³/mol. The van der Waals surface area contributed by atoms with Gasteiger partial charge in [-0.2, -0.15) is 5.10 Å². The van der Waals surface area contributed by atoms with Crippen LogP contribution in [0.4, 0.5) is 5.69 Å². The Labute approximate surface area is 161 Å². The van der Waals surface area contributed by atoms with Crippen LogP contribution >= 0.6 is 23.2 Å². The van der Waals surface area contributed by atoms with Gasteiger partial charge in [0, 0.05) is 11.2 Å². The lowest BCUT2D eigenvalue weighted by atomic mass is 10.2. The number of nitrogens with zero attached hydrogens (tertiary/aromatic N) is 2. The second-order valence-corrected chi connectivity index (χ2v) is 6.58. The van der Waals surface area contributed by atoms with Crippen LogP contribution in [0.3, 0.4) is 0 Å². The number of ether oxygens (including phenoxy) is 1. The lowest BCUT2D eigenvalue weighted by Crippen LogP contribution is -2.30. The molecule has 1 N–H and O–H groups in total. The Morgan fingerprint density at radius 1 is 1.23 bits per heavy atom. The van der Waals surface area contributed by atoms with E-state index in [0.717, 1.165) is 5.56 Å². The molecule has 5 nitrogen and oxygen atoms in total. The molecule has 0 aliphatic rings. The van der Waals surface area contributed by atoms with Crippen molar-refractivity contribution < 1.29 is 9.53 Å². The van der Waals surface area contributed by atoms with Gasteiger partial charge in [0.2, 0.25) is 0 Å². The molecule has 0 saturated heterocycles. The lowest BCUT2D eigenvalue weighted by Gasteiger charge is -2.15. The highest BCUT2D eigenvalue weighted by Crippen LogP contribution is 2.28. The topological polar surface area (TPSA) is 56.1 Å². The van der Waals surface area contributed by atoms with Crippen LogP contribution in [-0.2, 0) is 11.3 Å². The largest absolute Gasteiger partial charge is 0.479 e. The lowest BCUT2D eigenvalue weighted by molar-refractivity contribution is -0.122. The summed E-state index contributed by atoms with van der Waals surface area (Å²) in [5.41, 5.74) is 1.73. The summed E-state index contributed by atoms with van der Waals surface area (Å²) in [6.07, 6.45) is 2.64. The summed E-state index contributed by atoms with van der Waals surface area (Å²) in [7, 11) is 0. The van der Waals surface area contributed by atoms with Crippen molar-refractivity contribution in [1.29, 1.82) is 0 Å². The van der Waals surface area contributed by atoms with Gasteiger partial charge < -0.3 is 10.1 Å². The van der Waals surface area contributed by atoms with Gasteiger partial charge in [-0.25, -0.2) is 0 Å². The zero-order valence-electron chi connectivity index (χ0n) is 14.0. The maximum absolute atomic E-state index is 12.3. The van der Waals surface area contributed by atoms with Gasteiger partial charge in [0.25, 0.3) is 5.91 Å². The molecular formula is C19H17Cl2N3O2. The van der Waals surface area contributed by atoms with E-state index in [9.17, 15) is 4.79 Å². The van der Waals surface area contributed by atoms with E-state index in [1.165, 1.54) is 0 Å². The maximum Gasteiger partial charge on any atom is 0.265 e. The summed E-state index contributed by atoms with van der Waals surface area (Å²) in [5, 5.41) is 7.90. The number of rotatable bonds is 6. The van der Waals surface area contributed by atoms with Gasteiger partial charge in [0.1, 0.15) is 5.75 Å². The Balaban J connectivity index is 1.59. The van der Waals surface area contributed by atoms with Crippen LogP contribution in [0.15, 0.2) is 60.9 Å². The van der Waals surface area contributed by atoms with Gasteiger partial charge in [-0.15, -0.1) is 0 Å². The van der Waals surface area contributed by atoms with Crippen LogP contribution < -0.4 is 10.1 Å². The third-order valence-electron chi connectivity index (χ3n) is 3.66. The van der Waals surface area contributed by atoms with E-state index in [-0.39, 0.29) is 5.91 Å². The molecule has 0 fully saturated rings. The van der Waals surface area contributed by atoms with Crippen molar-refractivity contribution in [1.82, 2.24) is 9.78 Å². The predicted octanol–water partition coefficient (Wildman–Crippen LogP) is 4.64. The minimum atomic E-state index is -0.730. The summed E-state index contributed by atoms with van der Waals surface area (Å²) in [5.74, 6) is 0.105. The van der Waals surface area contributed by atoms with Crippen molar-refractivity contribution in [3.05, 3.63) is 76.5 Å². The first-order valence-electron chi connectivity index (χ1n) is 8.00. The molecule has 0 saturated carbocycles. The van der Waals surface area contributed by atoms with Gasteiger partial charge in [0.15, 0.2) is 6.10 Å². The maximum atomic E-state index is 12.3. The molecule has 26 heavy (non-hydrogen) atoms. The molecule has 3 aromatic rings. The smallest absolute Gasteiger partial charge is 0.265 e. The second-order valence-electron chi connectivity index (χ2n) is 5.74. The van der Waals surface area contributed by atoms with Crippen molar-refractivity contribution in [2.45, 2.75) is 19.6 Å². The van der Waals surface area contributed by atoms with Crippen molar-refractivity contribution in [3.63, 3.8) is 0 Å². The van der Waals surface area contributed by atoms with Gasteiger partial charge in [-0.3, -0.25) is 9.48 Å². The molecule has 0 aliphatic heterocycles. The fourth-order valence-electron chi connectivity index (χ4n) is 2.34. The van der Waals surface area contributed by atoms with Crippen LogP contribution in [0.2, 0.25) is 10.0 Å². The summed E-state index contributed by atoms with van der Waals surface area (Å²) in [6, 6.07) is 14.8. The summed E-state index contributed by atoms with van der Waals surface area (Å²) in [6.45, 7) is 2.28. The van der Waals surface area contributed by atoms with Gasteiger partial charge >= 0.3 is 0 Å². The highest BCUT2D eigenvalue weighted by Gasteiger charge is 2.17. The van der Waals surface area contributed by atoms with E-state index >= 15 is 0 Å². The minimum absolute atomic E-state index is 0.296. The monoisotopic (exact) mass is 389 g/mol. The minimum Gasteiger partial charge on any atom is -0.479 e. The van der Waals surface area contributed by atoms with E-state index in [0.29, 0.717) is 28.0 Å². The number of anilines is 1. The third kappa shape index (κ3) is 4.77. The summed E-state index contributed by atoms with van der Waals surface area (Å²) < 4.78 is 7.36. The molecule has 1 heterocycles. The Bertz CT molecular complexity index is 897. The SMILES string of the molecule is CC(Oc1ccc(Cl)cc1Cl)C(=O)Nc1cnn(Cc2ccccc2)c1. The van der Waals surface area contributed by atoms with Gasteiger partial charge in [-0.05, 0) is 30.7 Å². The van der Waals surface area contributed by atoms with Crippen LogP contribution in [0.25, 0.3) is 0 Å². The zero-order valence-corrected chi connectivity index (χ0v) is 15.5. The zero-order chi connectivity index (χ0) is 18.5. The molecule has 7 heteroatoms. The van der Waals surface area contributed by atoms with E-state index in [4.69, 9.17) is 27.9 Å². The molecular weight excluding hydrogens is 373 g/mol. The number of hydrogen-bond acceptors (Lipinski definition) is 3. The van der Waals surface area contributed by atoms with Gasteiger partial charge in [-0.1, -0.05) is 53.5 Å². The molecule has 3 rings (SSSR count). The highest BCUT2D eigenvalue weighted by atomic mass is 35.5. The number of aromatic nitrogens is 2. The number of amides is 1. The molecule has 134 valence electrons. The molecule has 1 unspecified atom stereocenters. The summed E-state index contributed by atoms with van der Waals surface area (Å²) in [4.78, 5) is 12.3. The van der Waals surface area contributed by atoms with E-state index in [1.54, 1.807) is 42.2 Å². The average molecular weight is 390 g/mol. The van der Waals surface area contributed by atoms with E-state index in [1.807, 2.05) is 30.3 Å². The molecule has 2 aromatic carbocycles. The van der Waals surface area contributed by atoms with Crippen molar-refractivity contribution in [2.75, 3.05) is 5.32 Å². The normalized spacial score (nSPS) is 11.8. The second kappa shape index (κ2) is 8.25. The standard InChI is InChI=1S/C19H17Cl2N3O2/c1-13(26-18-8-7-15(20)9-17(18)21)19(25)23-16-10-22-24(12-16)11-14-5-3-2-4-6-14/h2-10,12-13H,11H2,1H3,(H,23,25). The van der Waals surface area contributed by atoms with E-state index in [2.05, 4.69) is 10.4 Å². The fraction of sp³-hybridized carbons (Fsp3) is 0.158. The third-order valence-corrected chi connectivity index (χ3v) is 4.19. The Hall–Kier alpha value is -2.50. The average Bonchev–Trinajstić information content (AvgIpc) is 3.05. The molecule has 1 aromatic heterocycles. The van der Waals surface area contributed by atoms with Crippen LogP contribution in [0, 0.1) is 0 Å². The molecule has 0 aliphatic carbocycles. The van der Waals surface area contributed by atoms with Crippen LogP contribution in [-0.4, -0.2) is 21.8 Å². The first kappa shape index (κ1) is 18.3. The van der Waals surface area contributed by atoms with Crippen molar-refractivity contribution >= 4 is 34.8 Å². The van der Waals surface area contributed by atoms with E-state index < -0.39 is 6.10 Å². The molecule has 0 spiro atoms. The van der Waals surface area contributed by atoms with Crippen molar-refractivity contribution in [2.24, 2.45) is 0 Å². The Morgan fingerprint density at radius 2 is 2.00 bits per heavy atom. The first-order chi connectivity index (χ1) is 12.5. The van der Waals surface area contributed by atoms with Gasteiger partial charge in [0.05, 0.1) is 23.5 Å². The number of halogens is 2. The number of nitrogens with one attached hydrogen (secondary N) is 1. The fourth-order valence-corrected chi connectivity index (χ4v) is 2.80. The number of carbonyl (C=O) groups is 1. The molecule has 0 bridgehead atoms. The number of carbonyl (C=O) groups excluding carboxylic acids is 1. The first-order valence-corrected chi connectivity index (χ1v) is 8.76. The Morgan fingerprint density at radius 3 is 2.73 bits per heavy atom. The van der Waals surface area contributed by atoms with Crippen LogP contribution in [0.1, 0.15) is 12.5 Å². The number of benzene rings is 2. The number of hydrogen-bond donors (Lipinski definition) is 1. The molecule has 1 amide bonds.